The van der Waals surface area contributed by atoms with Crippen molar-refractivity contribution in [2.75, 3.05) is 10.8 Å². The van der Waals surface area contributed by atoms with E-state index in [4.69, 9.17) is 0 Å². The normalized spacial score (nSPS) is 10.9. The first-order valence-electron chi connectivity index (χ1n) is 8.16. The highest BCUT2D eigenvalue weighted by atomic mass is 32.2. The Morgan fingerprint density at radius 2 is 1.73 bits per heavy atom. The predicted molar refractivity (Wildman–Crippen MR) is 104 cm³/mol. The van der Waals surface area contributed by atoms with Gasteiger partial charge in [0.2, 0.25) is 0 Å². The van der Waals surface area contributed by atoms with Crippen molar-refractivity contribution in [3.05, 3.63) is 59.7 Å². The van der Waals surface area contributed by atoms with Gasteiger partial charge < -0.3 is 0 Å². The molecule has 0 saturated carbocycles. The van der Waals surface area contributed by atoms with E-state index >= 15 is 0 Å². The number of anilines is 1. The van der Waals surface area contributed by atoms with Gasteiger partial charge in [-0.05, 0) is 51.5 Å². The third-order valence-electron chi connectivity index (χ3n) is 3.64. The Balaban J connectivity index is 2.48. The summed E-state index contributed by atoms with van der Waals surface area (Å²) < 4.78 is 27.4. The fourth-order valence-electron chi connectivity index (χ4n) is 2.44. The molecule has 0 aliphatic heterocycles. The number of carbonyl (C=O) groups excluding carboxylic acids is 1. The molecule has 2 aromatic rings. The van der Waals surface area contributed by atoms with Crippen LogP contribution in [0.1, 0.15) is 25.0 Å². The molecule has 0 aromatic heterocycles. The lowest BCUT2D eigenvalue weighted by Crippen LogP contribution is -2.40. The van der Waals surface area contributed by atoms with Gasteiger partial charge in [0.25, 0.3) is 15.9 Å². The van der Waals surface area contributed by atoms with Crippen LogP contribution in [0.25, 0.3) is 0 Å². The highest BCUT2D eigenvalue weighted by molar-refractivity contribution is 7.92. The number of amides is 1. The molecule has 0 aliphatic carbocycles. The minimum atomic E-state index is -3.90. The summed E-state index contributed by atoms with van der Waals surface area (Å²) in [4.78, 5) is 12.4. The summed E-state index contributed by atoms with van der Waals surface area (Å²) >= 11 is 0. The Morgan fingerprint density at radius 3 is 2.31 bits per heavy atom. The molecule has 7 heteroatoms. The van der Waals surface area contributed by atoms with E-state index in [9.17, 15) is 13.2 Å². The van der Waals surface area contributed by atoms with E-state index in [0.717, 1.165) is 15.4 Å². The summed E-state index contributed by atoms with van der Waals surface area (Å²) in [5.74, 6) is -0.509. The lowest BCUT2D eigenvalue weighted by atomic mass is 10.1. The smallest absolute Gasteiger partial charge is 0.264 e. The zero-order valence-electron chi connectivity index (χ0n) is 15.4. The molecule has 6 nitrogen and oxygen atoms in total. The average Bonchev–Trinajstić information content (AvgIpc) is 2.59. The standard InChI is InChI=1S/C19H23N3O3S/c1-14(2)20-21-19(23)13-22(18-11-10-15(3)12-16(18)4)26(24,25)17-8-6-5-7-9-17/h5-12H,13H2,1-4H3,(H,21,23). The van der Waals surface area contributed by atoms with Crippen LogP contribution < -0.4 is 9.73 Å². The molecule has 0 radical (unpaired) electrons. The van der Waals surface area contributed by atoms with Crippen LogP contribution in [0.3, 0.4) is 0 Å². The maximum atomic E-state index is 13.2. The van der Waals surface area contributed by atoms with Crippen LogP contribution in [0.2, 0.25) is 0 Å². The molecule has 0 aliphatic rings. The second-order valence-corrected chi connectivity index (χ2v) is 8.07. The van der Waals surface area contributed by atoms with Crippen LogP contribution in [0.15, 0.2) is 58.5 Å². The third-order valence-corrected chi connectivity index (χ3v) is 5.42. The van der Waals surface area contributed by atoms with Gasteiger partial charge in [-0.3, -0.25) is 9.10 Å². The molecule has 0 bridgehead atoms. The Labute approximate surface area is 154 Å². The maximum absolute atomic E-state index is 13.2. The number of aryl methyl sites for hydroxylation is 2. The van der Waals surface area contributed by atoms with Crippen molar-refractivity contribution in [3.63, 3.8) is 0 Å². The second kappa shape index (κ2) is 8.14. The van der Waals surface area contributed by atoms with E-state index in [1.807, 2.05) is 26.0 Å². The van der Waals surface area contributed by atoms with Crippen LogP contribution in [0.4, 0.5) is 5.69 Å². The molecule has 138 valence electrons. The van der Waals surface area contributed by atoms with Gasteiger partial charge in [-0.25, -0.2) is 13.8 Å². The van der Waals surface area contributed by atoms with Crippen molar-refractivity contribution < 1.29 is 13.2 Å². The molecule has 2 aromatic carbocycles. The van der Waals surface area contributed by atoms with Crippen molar-refractivity contribution in [1.82, 2.24) is 5.43 Å². The molecule has 0 unspecified atom stereocenters. The van der Waals surface area contributed by atoms with E-state index in [1.54, 1.807) is 38.1 Å². The molecular weight excluding hydrogens is 350 g/mol. The minimum absolute atomic E-state index is 0.128. The maximum Gasteiger partial charge on any atom is 0.264 e. The van der Waals surface area contributed by atoms with E-state index in [2.05, 4.69) is 10.5 Å². The fourth-order valence-corrected chi connectivity index (χ4v) is 3.95. The van der Waals surface area contributed by atoms with E-state index in [1.165, 1.54) is 12.1 Å². The molecule has 2 rings (SSSR count). The first kappa shape index (κ1) is 19.7. The SMILES string of the molecule is CC(C)=NNC(=O)CN(c1ccc(C)cc1C)S(=O)(=O)c1ccccc1. The number of sulfonamides is 1. The fraction of sp³-hybridized carbons (Fsp3) is 0.263. The van der Waals surface area contributed by atoms with Gasteiger partial charge in [-0.2, -0.15) is 5.10 Å². The van der Waals surface area contributed by atoms with Gasteiger partial charge in [-0.15, -0.1) is 0 Å². The average molecular weight is 373 g/mol. The summed E-state index contributed by atoms with van der Waals surface area (Å²) in [7, 11) is -3.90. The third kappa shape index (κ3) is 4.70. The Kier molecular flexibility index (Phi) is 6.15. The minimum Gasteiger partial charge on any atom is -0.271 e. The summed E-state index contributed by atoms with van der Waals surface area (Å²) in [6.45, 7) is 6.87. The van der Waals surface area contributed by atoms with Crippen LogP contribution >= 0.6 is 0 Å². The summed E-state index contributed by atoms with van der Waals surface area (Å²) in [6, 6.07) is 13.5. The van der Waals surface area contributed by atoms with Gasteiger partial charge in [0.15, 0.2) is 0 Å². The summed E-state index contributed by atoms with van der Waals surface area (Å²) in [5, 5.41) is 3.86. The van der Waals surface area contributed by atoms with E-state index in [-0.39, 0.29) is 11.4 Å². The lowest BCUT2D eigenvalue weighted by Gasteiger charge is -2.25. The first-order valence-corrected chi connectivity index (χ1v) is 9.60. The number of nitrogens with one attached hydrogen (secondary N) is 1. The molecule has 1 N–H and O–H groups in total. The van der Waals surface area contributed by atoms with Crippen molar-refractivity contribution in [3.8, 4) is 0 Å². The number of benzene rings is 2. The molecule has 0 saturated heterocycles. The van der Waals surface area contributed by atoms with Gasteiger partial charge in [0.1, 0.15) is 6.54 Å². The van der Waals surface area contributed by atoms with Crippen molar-refractivity contribution in [1.29, 1.82) is 0 Å². The lowest BCUT2D eigenvalue weighted by molar-refractivity contribution is -0.119. The number of hydrogen-bond donors (Lipinski definition) is 1. The molecule has 0 heterocycles. The molecule has 0 atom stereocenters. The van der Waals surface area contributed by atoms with Crippen LogP contribution in [0.5, 0.6) is 0 Å². The van der Waals surface area contributed by atoms with E-state index < -0.39 is 15.9 Å². The number of carbonyl (C=O) groups is 1. The van der Waals surface area contributed by atoms with Crippen LogP contribution in [-0.2, 0) is 14.8 Å². The van der Waals surface area contributed by atoms with Gasteiger partial charge in [-0.1, -0.05) is 35.9 Å². The van der Waals surface area contributed by atoms with E-state index in [0.29, 0.717) is 11.4 Å². The van der Waals surface area contributed by atoms with Crippen LogP contribution in [0, 0.1) is 13.8 Å². The molecule has 1 amide bonds. The second-order valence-electron chi connectivity index (χ2n) is 6.21. The number of hydrogen-bond acceptors (Lipinski definition) is 4. The zero-order valence-corrected chi connectivity index (χ0v) is 16.2. The Morgan fingerprint density at radius 1 is 1.08 bits per heavy atom. The number of rotatable bonds is 6. The van der Waals surface area contributed by atoms with Gasteiger partial charge in [0.05, 0.1) is 10.6 Å². The van der Waals surface area contributed by atoms with Gasteiger partial charge in [0, 0.05) is 5.71 Å². The molecule has 26 heavy (non-hydrogen) atoms. The monoisotopic (exact) mass is 373 g/mol. The highest BCUT2D eigenvalue weighted by Gasteiger charge is 2.28. The predicted octanol–water partition coefficient (Wildman–Crippen LogP) is 3.01. The largest absolute Gasteiger partial charge is 0.271 e. The summed E-state index contributed by atoms with van der Waals surface area (Å²) in [5.41, 5.74) is 5.30. The van der Waals surface area contributed by atoms with Crippen molar-refractivity contribution >= 4 is 27.3 Å². The summed E-state index contributed by atoms with van der Waals surface area (Å²) in [6.07, 6.45) is 0. The van der Waals surface area contributed by atoms with Crippen molar-refractivity contribution in [2.45, 2.75) is 32.6 Å². The molecule has 0 spiro atoms. The number of hydrazone groups is 1. The number of nitrogens with zero attached hydrogens (tertiary/aromatic N) is 2. The highest BCUT2D eigenvalue weighted by Crippen LogP contribution is 2.27. The zero-order chi connectivity index (χ0) is 19.3. The Hall–Kier alpha value is -2.67. The van der Waals surface area contributed by atoms with Gasteiger partial charge >= 0.3 is 0 Å². The van der Waals surface area contributed by atoms with Crippen LogP contribution in [-0.4, -0.2) is 26.6 Å². The first-order chi connectivity index (χ1) is 12.2. The molecular formula is C19H23N3O3S. The topological polar surface area (TPSA) is 78.8 Å². The van der Waals surface area contributed by atoms with Crippen molar-refractivity contribution in [2.24, 2.45) is 5.10 Å². The Bertz CT molecular complexity index is 918. The quantitative estimate of drug-likeness (QED) is 0.624. The molecule has 0 fully saturated rings.